The van der Waals surface area contributed by atoms with Crippen molar-refractivity contribution in [1.29, 1.82) is 0 Å². The molecule has 1 aromatic rings. The number of nitrogens with one attached hydrogen (secondary N) is 1. The Hall–Kier alpha value is -1.62. The molecule has 1 aromatic carbocycles. The third-order valence-electron chi connectivity index (χ3n) is 3.55. The Kier molecular flexibility index (Phi) is 5.35. The standard InChI is InChI=1S/C15H21FN2O2/c1-20-10-4-8-17-15(19)18-9-3-7-14(18)12-5-2-6-13(16)11-12/h2,5-6,11,14H,3-4,7-10H2,1H3,(H,17,19)/t14-/m0/s1. The lowest BCUT2D eigenvalue weighted by molar-refractivity contribution is 0.182. The van der Waals surface area contributed by atoms with E-state index in [0.717, 1.165) is 31.4 Å². The average Bonchev–Trinajstić information content (AvgIpc) is 2.93. The van der Waals surface area contributed by atoms with Gasteiger partial charge in [0.05, 0.1) is 6.04 Å². The van der Waals surface area contributed by atoms with Crippen LogP contribution >= 0.6 is 0 Å². The molecule has 110 valence electrons. The zero-order valence-corrected chi connectivity index (χ0v) is 11.8. The van der Waals surface area contributed by atoms with Gasteiger partial charge in [-0.15, -0.1) is 0 Å². The molecule has 0 bridgehead atoms. The van der Waals surface area contributed by atoms with Crippen LogP contribution in [0, 0.1) is 5.82 Å². The van der Waals surface area contributed by atoms with Gasteiger partial charge in [-0.2, -0.15) is 0 Å². The van der Waals surface area contributed by atoms with E-state index in [1.165, 1.54) is 12.1 Å². The molecular formula is C15H21FN2O2. The second-order valence-corrected chi connectivity index (χ2v) is 4.98. The first kappa shape index (κ1) is 14.8. The molecule has 1 aliphatic rings. The molecule has 20 heavy (non-hydrogen) atoms. The van der Waals surface area contributed by atoms with Crippen molar-refractivity contribution in [2.24, 2.45) is 0 Å². The Morgan fingerprint density at radius 2 is 2.40 bits per heavy atom. The summed E-state index contributed by atoms with van der Waals surface area (Å²) in [7, 11) is 1.64. The molecule has 0 aliphatic carbocycles. The SMILES string of the molecule is COCCCNC(=O)N1CCC[C@H]1c1cccc(F)c1. The van der Waals surface area contributed by atoms with Gasteiger partial charge in [-0.1, -0.05) is 12.1 Å². The zero-order chi connectivity index (χ0) is 14.4. The normalized spacial score (nSPS) is 18.3. The van der Waals surface area contributed by atoms with Crippen LogP contribution in [-0.2, 0) is 4.74 Å². The number of amides is 2. The van der Waals surface area contributed by atoms with E-state index in [-0.39, 0.29) is 17.9 Å². The molecule has 1 fully saturated rings. The molecule has 1 aliphatic heterocycles. The first-order valence-corrected chi connectivity index (χ1v) is 7.01. The average molecular weight is 280 g/mol. The fourth-order valence-corrected chi connectivity index (χ4v) is 2.58. The van der Waals surface area contributed by atoms with Crippen molar-refractivity contribution in [3.63, 3.8) is 0 Å². The summed E-state index contributed by atoms with van der Waals surface area (Å²) in [6.07, 6.45) is 2.63. The Labute approximate surface area is 118 Å². The monoisotopic (exact) mass is 280 g/mol. The second kappa shape index (κ2) is 7.24. The number of benzene rings is 1. The number of halogens is 1. The van der Waals surface area contributed by atoms with Gasteiger partial charge < -0.3 is 15.0 Å². The summed E-state index contributed by atoms with van der Waals surface area (Å²) in [6, 6.07) is 6.41. The van der Waals surface area contributed by atoms with E-state index in [0.29, 0.717) is 13.2 Å². The number of carbonyl (C=O) groups is 1. The molecule has 2 amide bonds. The number of rotatable bonds is 5. The minimum atomic E-state index is -0.255. The Balaban J connectivity index is 1.95. The van der Waals surface area contributed by atoms with Gasteiger partial charge >= 0.3 is 6.03 Å². The first-order chi connectivity index (χ1) is 9.72. The van der Waals surface area contributed by atoms with Gasteiger partial charge in [-0.3, -0.25) is 0 Å². The highest BCUT2D eigenvalue weighted by Crippen LogP contribution is 2.31. The van der Waals surface area contributed by atoms with Gasteiger partial charge in [0.1, 0.15) is 5.82 Å². The summed E-state index contributed by atoms with van der Waals surface area (Å²) in [4.78, 5) is 14.0. The van der Waals surface area contributed by atoms with Crippen LogP contribution in [0.5, 0.6) is 0 Å². The van der Waals surface area contributed by atoms with Crippen LogP contribution in [-0.4, -0.2) is 37.7 Å². The molecule has 2 rings (SSSR count). The topological polar surface area (TPSA) is 41.6 Å². The van der Waals surface area contributed by atoms with E-state index < -0.39 is 0 Å². The van der Waals surface area contributed by atoms with E-state index in [9.17, 15) is 9.18 Å². The minimum Gasteiger partial charge on any atom is -0.385 e. The summed E-state index contributed by atoms with van der Waals surface area (Å²) in [6.45, 7) is 1.95. The van der Waals surface area contributed by atoms with E-state index in [1.807, 2.05) is 6.07 Å². The van der Waals surface area contributed by atoms with Gasteiger partial charge in [-0.25, -0.2) is 9.18 Å². The molecule has 0 unspecified atom stereocenters. The summed E-state index contributed by atoms with van der Waals surface area (Å²) in [5.74, 6) is -0.255. The third kappa shape index (κ3) is 3.70. The summed E-state index contributed by atoms with van der Waals surface area (Å²) in [5, 5.41) is 2.89. The summed E-state index contributed by atoms with van der Waals surface area (Å²) in [5.41, 5.74) is 0.870. The molecule has 0 saturated carbocycles. The number of carbonyl (C=O) groups excluding carboxylic acids is 1. The number of hydrogen-bond donors (Lipinski definition) is 1. The predicted molar refractivity (Wildman–Crippen MR) is 75.0 cm³/mol. The van der Waals surface area contributed by atoms with E-state index in [1.54, 1.807) is 18.1 Å². The number of methoxy groups -OCH3 is 1. The van der Waals surface area contributed by atoms with Crippen molar-refractivity contribution < 1.29 is 13.9 Å². The molecule has 5 heteroatoms. The van der Waals surface area contributed by atoms with Crippen molar-refractivity contribution in [2.45, 2.75) is 25.3 Å². The largest absolute Gasteiger partial charge is 0.385 e. The number of nitrogens with zero attached hydrogens (tertiary/aromatic N) is 1. The molecule has 1 atom stereocenters. The fraction of sp³-hybridized carbons (Fsp3) is 0.533. The molecule has 0 spiro atoms. The van der Waals surface area contributed by atoms with E-state index >= 15 is 0 Å². The minimum absolute atomic E-state index is 0.0203. The van der Waals surface area contributed by atoms with Gasteiger partial charge in [0.25, 0.3) is 0 Å². The van der Waals surface area contributed by atoms with Crippen LogP contribution in [0.3, 0.4) is 0 Å². The van der Waals surface area contributed by atoms with Gasteiger partial charge in [0, 0.05) is 26.8 Å². The first-order valence-electron chi connectivity index (χ1n) is 7.01. The van der Waals surface area contributed by atoms with Gasteiger partial charge in [0.15, 0.2) is 0 Å². The number of hydrogen-bond acceptors (Lipinski definition) is 2. The smallest absolute Gasteiger partial charge is 0.317 e. The Morgan fingerprint density at radius 3 is 3.15 bits per heavy atom. The molecule has 4 nitrogen and oxygen atoms in total. The van der Waals surface area contributed by atoms with E-state index in [2.05, 4.69) is 5.32 Å². The molecule has 0 aromatic heterocycles. The van der Waals surface area contributed by atoms with Crippen LogP contribution in [0.4, 0.5) is 9.18 Å². The maximum Gasteiger partial charge on any atom is 0.317 e. The van der Waals surface area contributed by atoms with Crippen LogP contribution < -0.4 is 5.32 Å². The van der Waals surface area contributed by atoms with Crippen molar-refractivity contribution in [2.75, 3.05) is 26.8 Å². The number of likely N-dealkylation sites (tertiary alicyclic amines) is 1. The van der Waals surface area contributed by atoms with Crippen LogP contribution in [0.15, 0.2) is 24.3 Å². The van der Waals surface area contributed by atoms with Crippen molar-refractivity contribution in [3.8, 4) is 0 Å². The fourth-order valence-electron chi connectivity index (χ4n) is 2.58. The van der Waals surface area contributed by atoms with Gasteiger partial charge in [-0.05, 0) is 37.0 Å². The summed E-state index contributed by atoms with van der Waals surface area (Å²) >= 11 is 0. The highest BCUT2D eigenvalue weighted by molar-refractivity contribution is 5.75. The van der Waals surface area contributed by atoms with Crippen molar-refractivity contribution in [3.05, 3.63) is 35.6 Å². The highest BCUT2D eigenvalue weighted by atomic mass is 19.1. The maximum absolute atomic E-state index is 13.3. The molecule has 0 radical (unpaired) electrons. The molecule has 1 N–H and O–H groups in total. The van der Waals surface area contributed by atoms with E-state index in [4.69, 9.17) is 4.74 Å². The highest BCUT2D eigenvalue weighted by Gasteiger charge is 2.29. The Morgan fingerprint density at radius 1 is 1.55 bits per heavy atom. The second-order valence-electron chi connectivity index (χ2n) is 4.98. The lowest BCUT2D eigenvalue weighted by Crippen LogP contribution is -2.40. The lowest BCUT2D eigenvalue weighted by Gasteiger charge is -2.25. The van der Waals surface area contributed by atoms with Crippen molar-refractivity contribution >= 4 is 6.03 Å². The molecule has 1 heterocycles. The maximum atomic E-state index is 13.3. The molecule has 1 saturated heterocycles. The van der Waals surface area contributed by atoms with Gasteiger partial charge in [0.2, 0.25) is 0 Å². The quantitative estimate of drug-likeness (QED) is 0.843. The zero-order valence-electron chi connectivity index (χ0n) is 11.8. The van der Waals surface area contributed by atoms with Crippen LogP contribution in [0.1, 0.15) is 30.9 Å². The Bertz CT molecular complexity index is 453. The third-order valence-corrected chi connectivity index (χ3v) is 3.55. The lowest BCUT2D eigenvalue weighted by atomic mass is 10.0. The van der Waals surface area contributed by atoms with Crippen molar-refractivity contribution in [1.82, 2.24) is 10.2 Å². The summed E-state index contributed by atoms with van der Waals surface area (Å²) < 4.78 is 18.2. The van der Waals surface area contributed by atoms with Crippen LogP contribution in [0.25, 0.3) is 0 Å². The predicted octanol–water partition coefficient (Wildman–Crippen LogP) is 2.71. The number of urea groups is 1. The van der Waals surface area contributed by atoms with Crippen LogP contribution in [0.2, 0.25) is 0 Å². The number of ether oxygens (including phenoxy) is 1. The molecular weight excluding hydrogens is 259 g/mol.